The lowest BCUT2D eigenvalue weighted by Crippen LogP contribution is -2.31. The van der Waals surface area contributed by atoms with Crippen LogP contribution >= 0.6 is 0 Å². The number of esters is 2. The third-order valence-electron chi connectivity index (χ3n) is 3.36. The summed E-state index contributed by atoms with van der Waals surface area (Å²) in [5.74, 6) is -0.925. The van der Waals surface area contributed by atoms with Gasteiger partial charge in [0.1, 0.15) is 12.1 Å². The van der Waals surface area contributed by atoms with E-state index in [-0.39, 0.29) is 18.5 Å². The zero-order valence-corrected chi connectivity index (χ0v) is 14.3. The molecule has 0 atom stereocenters. The first-order chi connectivity index (χ1) is 11.2. The molecule has 0 aliphatic carbocycles. The molecule has 24 heavy (non-hydrogen) atoms. The Morgan fingerprint density at radius 2 is 1.71 bits per heavy atom. The molecule has 1 aromatic heterocycles. The molecular weight excluding hydrogens is 310 g/mol. The average molecular weight is 331 g/mol. The Labute approximate surface area is 140 Å². The van der Waals surface area contributed by atoms with Crippen molar-refractivity contribution in [3.63, 3.8) is 0 Å². The van der Waals surface area contributed by atoms with E-state index in [4.69, 9.17) is 9.47 Å². The summed E-state index contributed by atoms with van der Waals surface area (Å²) in [5, 5.41) is 1.12. The Balaban J connectivity index is 2.47. The molecule has 0 amide bonds. The van der Waals surface area contributed by atoms with Crippen LogP contribution in [0.4, 0.5) is 0 Å². The highest BCUT2D eigenvalue weighted by atomic mass is 16.6. The van der Waals surface area contributed by atoms with Gasteiger partial charge in [-0.3, -0.25) is 14.4 Å². The number of nitrogens with zero attached hydrogens (tertiary/aromatic N) is 1. The molecule has 6 heteroatoms. The zero-order chi connectivity index (χ0) is 17.9. The van der Waals surface area contributed by atoms with Gasteiger partial charge in [-0.1, -0.05) is 18.2 Å². The van der Waals surface area contributed by atoms with Crippen molar-refractivity contribution in [2.75, 3.05) is 7.11 Å². The minimum absolute atomic E-state index is 0.0195. The Morgan fingerprint density at radius 1 is 1.08 bits per heavy atom. The molecule has 2 aromatic rings. The second-order valence-corrected chi connectivity index (χ2v) is 6.47. The number of hydrogen-bond donors (Lipinski definition) is 0. The fourth-order valence-corrected chi connectivity index (χ4v) is 2.42. The van der Waals surface area contributed by atoms with Crippen LogP contribution in [-0.4, -0.2) is 29.2 Å². The van der Waals surface area contributed by atoms with Gasteiger partial charge in [-0.15, -0.1) is 0 Å². The van der Waals surface area contributed by atoms with E-state index in [2.05, 4.69) is 0 Å². The maximum atomic E-state index is 12.6. The fraction of sp³-hybridized carbons (Fsp3) is 0.389. The summed E-state index contributed by atoms with van der Waals surface area (Å²) in [7, 11) is 1.31. The number of ether oxygens (including phenoxy) is 2. The average Bonchev–Trinajstić information content (AvgIpc) is 2.50. The first kappa shape index (κ1) is 17.7. The van der Waals surface area contributed by atoms with Gasteiger partial charge >= 0.3 is 11.9 Å². The number of hydrogen-bond acceptors (Lipinski definition) is 5. The maximum absolute atomic E-state index is 12.6. The van der Waals surface area contributed by atoms with E-state index in [0.29, 0.717) is 16.3 Å². The van der Waals surface area contributed by atoms with Crippen molar-refractivity contribution in [3.8, 4) is 0 Å². The van der Waals surface area contributed by atoms with Gasteiger partial charge in [0.2, 0.25) is 0 Å². The van der Waals surface area contributed by atoms with Gasteiger partial charge in [0.05, 0.1) is 13.5 Å². The Morgan fingerprint density at radius 3 is 2.29 bits per heavy atom. The van der Waals surface area contributed by atoms with Crippen LogP contribution in [0.1, 0.15) is 26.3 Å². The first-order valence-corrected chi connectivity index (χ1v) is 7.61. The summed E-state index contributed by atoms with van der Waals surface area (Å²) in [4.78, 5) is 36.2. The van der Waals surface area contributed by atoms with E-state index < -0.39 is 17.5 Å². The van der Waals surface area contributed by atoms with Gasteiger partial charge in [0.25, 0.3) is 5.56 Å². The van der Waals surface area contributed by atoms with Gasteiger partial charge in [-0.2, -0.15) is 0 Å². The van der Waals surface area contributed by atoms with Crippen LogP contribution < -0.4 is 5.56 Å². The lowest BCUT2D eigenvalue weighted by molar-refractivity contribution is -0.155. The van der Waals surface area contributed by atoms with Gasteiger partial charge in [0, 0.05) is 11.6 Å². The molecule has 6 nitrogen and oxygen atoms in total. The van der Waals surface area contributed by atoms with Gasteiger partial charge in [-0.25, -0.2) is 0 Å². The quantitative estimate of drug-likeness (QED) is 0.802. The van der Waals surface area contributed by atoms with Crippen molar-refractivity contribution in [3.05, 3.63) is 46.4 Å². The zero-order valence-electron chi connectivity index (χ0n) is 14.3. The number of rotatable bonds is 4. The number of benzene rings is 1. The van der Waals surface area contributed by atoms with Crippen molar-refractivity contribution >= 4 is 22.7 Å². The van der Waals surface area contributed by atoms with E-state index in [1.807, 2.05) is 0 Å². The fourth-order valence-electron chi connectivity index (χ4n) is 2.42. The smallest absolute Gasteiger partial charge is 0.326 e. The second-order valence-electron chi connectivity index (χ2n) is 6.47. The number of pyridine rings is 1. The number of aromatic nitrogens is 1. The van der Waals surface area contributed by atoms with Gasteiger partial charge < -0.3 is 14.0 Å². The van der Waals surface area contributed by atoms with Gasteiger partial charge in [-0.05, 0) is 37.8 Å². The maximum Gasteiger partial charge on any atom is 0.326 e. The van der Waals surface area contributed by atoms with Crippen LogP contribution in [-0.2, 0) is 32.0 Å². The van der Waals surface area contributed by atoms with E-state index in [1.54, 1.807) is 45.0 Å². The van der Waals surface area contributed by atoms with Crippen LogP contribution in [0.5, 0.6) is 0 Å². The van der Waals surface area contributed by atoms with Gasteiger partial charge in [0.15, 0.2) is 0 Å². The molecule has 0 bridgehead atoms. The van der Waals surface area contributed by atoms with E-state index in [1.165, 1.54) is 17.9 Å². The van der Waals surface area contributed by atoms with Crippen molar-refractivity contribution in [1.82, 2.24) is 4.57 Å². The molecule has 0 saturated heterocycles. The number of carbonyl (C=O) groups is 2. The highest BCUT2D eigenvalue weighted by molar-refractivity contribution is 5.88. The number of carbonyl (C=O) groups excluding carboxylic acids is 2. The lowest BCUT2D eigenvalue weighted by atomic mass is 10.1. The second kappa shape index (κ2) is 6.86. The van der Waals surface area contributed by atoms with Crippen molar-refractivity contribution < 1.29 is 19.1 Å². The molecule has 0 radical (unpaired) electrons. The molecule has 0 fully saturated rings. The largest absolute Gasteiger partial charge is 0.469 e. The molecule has 0 saturated carbocycles. The molecule has 0 N–H and O–H groups in total. The summed E-state index contributed by atoms with van der Waals surface area (Å²) in [6.45, 7) is 5.07. The van der Waals surface area contributed by atoms with Crippen LogP contribution in [0.3, 0.4) is 0 Å². The Bertz CT molecular complexity index is 829. The summed E-state index contributed by atoms with van der Waals surface area (Å²) in [6, 6.07) is 6.97. The minimum atomic E-state index is -0.633. The third-order valence-corrected chi connectivity index (χ3v) is 3.36. The number of methoxy groups -OCH3 is 1. The summed E-state index contributed by atoms with van der Waals surface area (Å²) in [5.41, 5.74) is -0.308. The first-order valence-electron chi connectivity index (χ1n) is 7.61. The SMILES string of the molecule is COC(=O)Cc1cn(CC(=O)OC(C)(C)C)c(=O)c2ccccc12. The molecular formula is C18H21NO5. The highest BCUT2D eigenvalue weighted by Gasteiger charge is 2.18. The normalized spacial score (nSPS) is 11.3. The summed E-state index contributed by atoms with van der Waals surface area (Å²) >= 11 is 0. The minimum Gasteiger partial charge on any atom is -0.469 e. The monoisotopic (exact) mass is 331 g/mol. The third kappa shape index (κ3) is 4.22. The topological polar surface area (TPSA) is 74.6 Å². The van der Waals surface area contributed by atoms with Crippen LogP contribution in [0.2, 0.25) is 0 Å². The van der Waals surface area contributed by atoms with E-state index >= 15 is 0 Å². The predicted octanol–water partition coefficient (Wildman–Crippen LogP) is 2.06. The summed E-state index contributed by atoms with van der Waals surface area (Å²) in [6.07, 6.45) is 1.54. The molecule has 0 spiro atoms. The molecule has 0 aliphatic heterocycles. The lowest BCUT2D eigenvalue weighted by Gasteiger charge is -2.20. The molecule has 2 rings (SSSR count). The molecule has 1 heterocycles. The van der Waals surface area contributed by atoms with Crippen molar-refractivity contribution in [2.45, 2.75) is 39.3 Å². The van der Waals surface area contributed by atoms with Crippen LogP contribution in [0.25, 0.3) is 10.8 Å². The van der Waals surface area contributed by atoms with Crippen LogP contribution in [0, 0.1) is 0 Å². The molecule has 128 valence electrons. The van der Waals surface area contributed by atoms with Crippen molar-refractivity contribution in [1.29, 1.82) is 0 Å². The molecule has 1 aromatic carbocycles. The summed E-state index contributed by atoms with van der Waals surface area (Å²) < 4.78 is 11.2. The Kier molecular flexibility index (Phi) is 5.07. The van der Waals surface area contributed by atoms with Crippen molar-refractivity contribution in [2.24, 2.45) is 0 Å². The predicted molar refractivity (Wildman–Crippen MR) is 89.8 cm³/mol. The van der Waals surface area contributed by atoms with Crippen LogP contribution in [0.15, 0.2) is 35.3 Å². The standard InChI is InChI=1S/C18H21NO5/c1-18(2,3)24-16(21)11-19-10-12(9-15(20)23-4)13-7-5-6-8-14(13)17(19)22/h5-8,10H,9,11H2,1-4H3. The molecule has 0 unspecified atom stereocenters. The number of fused-ring (bicyclic) bond motifs is 1. The van der Waals surface area contributed by atoms with E-state index in [9.17, 15) is 14.4 Å². The molecule has 0 aliphatic rings. The van der Waals surface area contributed by atoms with E-state index in [0.717, 1.165) is 0 Å². The highest BCUT2D eigenvalue weighted by Crippen LogP contribution is 2.17. The Hall–Kier alpha value is -2.63.